The maximum atomic E-state index is 5.44. The maximum Gasteiger partial charge on any atom is 0.0804 e. The van der Waals surface area contributed by atoms with Crippen molar-refractivity contribution in [2.45, 2.75) is 18.7 Å². The lowest BCUT2D eigenvalue weighted by atomic mass is 10.1. The fourth-order valence-corrected chi connectivity index (χ4v) is 1.70. The van der Waals surface area contributed by atoms with Crippen LogP contribution in [0.4, 0.5) is 0 Å². The van der Waals surface area contributed by atoms with Crippen LogP contribution in [0.25, 0.3) is 0 Å². The lowest BCUT2D eigenvalue weighted by Crippen LogP contribution is -1.85. The Balaban J connectivity index is 2.96. The summed E-state index contributed by atoms with van der Waals surface area (Å²) < 4.78 is 0. The van der Waals surface area contributed by atoms with Gasteiger partial charge in [0.1, 0.15) is 0 Å². The van der Waals surface area contributed by atoms with Crippen molar-refractivity contribution in [3.63, 3.8) is 0 Å². The molecule has 0 atom stereocenters. The second-order valence-corrected chi connectivity index (χ2v) is 3.57. The van der Waals surface area contributed by atoms with Gasteiger partial charge in [-0.15, -0.1) is 11.8 Å². The van der Waals surface area contributed by atoms with Gasteiger partial charge < -0.3 is 0 Å². The Kier molecular flexibility index (Phi) is 3.07. The summed E-state index contributed by atoms with van der Waals surface area (Å²) in [6.07, 6.45) is 0. The number of thioether (sulfide) groups is 1. The highest BCUT2D eigenvalue weighted by molar-refractivity contribution is 8.00. The number of rotatable bonds is 2. The van der Waals surface area contributed by atoms with Gasteiger partial charge in [-0.25, -0.2) is 0 Å². The second-order valence-electron chi connectivity index (χ2n) is 2.51. The van der Waals surface area contributed by atoms with E-state index in [2.05, 4.69) is 32.0 Å². The van der Waals surface area contributed by atoms with E-state index in [1.54, 1.807) is 11.8 Å². The van der Waals surface area contributed by atoms with E-state index in [-0.39, 0.29) is 0 Å². The first kappa shape index (κ1) is 8.73. The highest BCUT2D eigenvalue weighted by Crippen LogP contribution is 2.23. The molecular formula is C9H11BS. The number of aryl methyl sites for hydroxylation is 1. The number of hydrogen-bond donors (Lipinski definition) is 0. The van der Waals surface area contributed by atoms with Gasteiger partial charge in [-0.2, -0.15) is 0 Å². The van der Waals surface area contributed by atoms with Crippen molar-refractivity contribution in [3.05, 3.63) is 29.3 Å². The van der Waals surface area contributed by atoms with E-state index in [0.29, 0.717) is 5.65 Å². The van der Waals surface area contributed by atoms with Gasteiger partial charge in [0, 0.05) is 4.90 Å². The molecule has 2 radical (unpaired) electrons. The minimum Gasteiger partial charge on any atom is -0.136 e. The third-order valence-electron chi connectivity index (χ3n) is 1.79. The molecule has 11 heavy (non-hydrogen) atoms. The van der Waals surface area contributed by atoms with Gasteiger partial charge >= 0.3 is 0 Å². The normalized spacial score (nSPS) is 10.0. The summed E-state index contributed by atoms with van der Waals surface area (Å²) in [6, 6.07) is 6.30. The third-order valence-corrected chi connectivity index (χ3v) is 2.71. The van der Waals surface area contributed by atoms with E-state index in [0.717, 1.165) is 0 Å². The fourth-order valence-electron chi connectivity index (χ4n) is 0.970. The summed E-state index contributed by atoms with van der Waals surface area (Å²) in [5.74, 6) is 0. The molecule has 0 amide bonds. The van der Waals surface area contributed by atoms with Crippen LogP contribution in [0.3, 0.4) is 0 Å². The molecule has 56 valence electrons. The fraction of sp³-hybridized carbons (Fsp3) is 0.333. The molecule has 2 heteroatoms. The first-order valence-electron chi connectivity index (χ1n) is 3.65. The first-order valence-corrected chi connectivity index (χ1v) is 4.63. The second kappa shape index (κ2) is 3.86. The Labute approximate surface area is 73.8 Å². The summed E-state index contributed by atoms with van der Waals surface area (Å²) in [6.45, 7) is 4.25. The molecule has 1 rings (SSSR count). The molecular weight excluding hydrogens is 151 g/mol. The molecule has 0 nitrogen and oxygen atoms in total. The zero-order chi connectivity index (χ0) is 8.27. The van der Waals surface area contributed by atoms with Crippen molar-refractivity contribution < 1.29 is 0 Å². The Morgan fingerprint density at radius 1 is 1.36 bits per heavy atom. The summed E-state index contributed by atoms with van der Waals surface area (Å²) >= 11 is 1.69. The van der Waals surface area contributed by atoms with Crippen molar-refractivity contribution in [3.8, 4) is 0 Å². The van der Waals surface area contributed by atoms with Crippen LogP contribution in [0.5, 0.6) is 0 Å². The van der Waals surface area contributed by atoms with E-state index >= 15 is 0 Å². The molecule has 0 fully saturated rings. The predicted molar refractivity (Wildman–Crippen MR) is 52.4 cm³/mol. The van der Waals surface area contributed by atoms with Crippen LogP contribution in [0.1, 0.15) is 11.1 Å². The van der Waals surface area contributed by atoms with Gasteiger partial charge in [0.25, 0.3) is 0 Å². The third kappa shape index (κ3) is 2.03. The summed E-state index contributed by atoms with van der Waals surface area (Å²) in [4.78, 5) is 1.30. The SMILES string of the molecule is [B]CSc1cccc(C)c1C. The van der Waals surface area contributed by atoms with Gasteiger partial charge in [0.15, 0.2) is 0 Å². The van der Waals surface area contributed by atoms with Crippen molar-refractivity contribution >= 4 is 19.6 Å². The Bertz CT molecular complexity index is 245. The number of benzene rings is 1. The topological polar surface area (TPSA) is 0 Å². The van der Waals surface area contributed by atoms with Gasteiger partial charge in [0.05, 0.1) is 7.85 Å². The predicted octanol–water partition coefficient (Wildman–Crippen LogP) is 2.52. The minimum absolute atomic E-state index is 0.657. The molecule has 0 aromatic heterocycles. The van der Waals surface area contributed by atoms with Crippen LogP contribution in [-0.2, 0) is 0 Å². The van der Waals surface area contributed by atoms with Crippen LogP contribution >= 0.6 is 11.8 Å². The van der Waals surface area contributed by atoms with E-state index in [1.165, 1.54) is 16.0 Å². The van der Waals surface area contributed by atoms with E-state index < -0.39 is 0 Å². The highest BCUT2D eigenvalue weighted by Gasteiger charge is 1.98. The number of hydrogen-bond acceptors (Lipinski definition) is 1. The van der Waals surface area contributed by atoms with E-state index in [1.807, 2.05) is 0 Å². The van der Waals surface area contributed by atoms with E-state index in [9.17, 15) is 0 Å². The zero-order valence-corrected chi connectivity index (χ0v) is 7.74. The molecule has 0 N–H and O–H groups in total. The van der Waals surface area contributed by atoms with Gasteiger partial charge in [-0.3, -0.25) is 0 Å². The van der Waals surface area contributed by atoms with Crippen molar-refractivity contribution in [1.29, 1.82) is 0 Å². The monoisotopic (exact) mass is 162 g/mol. The average molecular weight is 162 g/mol. The standard InChI is InChI=1S/C9H11BS/c1-7-4-3-5-9(8(7)2)11-6-10/h3-5H,6H2,1-2H3. The molecule has 1 aromatic rings. The lowest BCUT2D eigenvalue weighted by molar-refractivity contribution is 1.23. The minimum atomic E-state index is 0.657. The molecule has 0 aliphatic rings. The quantitative estimate of drug-likeness (QED) is 0.475. The molecule has 0 saturated carbocycles. The average Bonchev–Trinajstić information content (AvgIpc) is 1.99. The summed E-state index contributed by atoms with van der Waals surface area (Å²) in [7, 11) is 5.44. The van der Waals surface area contributed by atoms with Crippen LogP contribution in [-0.4, -0.2) is 13.5 Å². The molecule has 0 aliphatic heterocycles. The Hall–Kier alpha value is -0.365. The molecule has 1 aromatic carbocycles. The maximum absolute atomic E-state index is 5.44. The van der Waals surface area contributed by atoms with Crippen molar-refractivity contribution in [1.82, 2.24) is 0 Å². The van der Waals surface area contributed by atoms with Crippen molar-refractivity contribution in [2.24, 2.45) is 0 Å². The van der Waals surface area contributed by atoms with Gasteiger partial charge in [-0.05, 0) is 36.7 Å². The molecule has 0 heterocycles. The summed E-state index contributed by atoms with van der Waals surface area (Å²) in [5.41, 5.74) is 3.34. The highest BCUT2D eigenvalue weighted by atomic mass is 32.2. The first-order chi connectivity index (χ1) is 5.25. The van der Waals surface area contributed by atoms with E-state index in [4.69, 9.17) is 7.85 Å². The Morgan fingerprint density at radius 3 is 2.73 bits per heavy atom. The van der Waals surface area contributed by atoms with Crippen LogP contribution in [0, 0.1) is 13.8 Å². The largest absolute Gasteiger partial charge is 0.136 e. The van der Waals surface area contributed by atoms with Crippen LogP contribution < -0.4 is 0 Å². The smallest absolute Gasteiger partial charge is 0.0804 e. The van der Waals surface area contributed by atoms with Gasteiger partial charge in [0.2, 0.25) is 0 Å². The van der Waals surface area contributed by atoms with Crippen LogP contribution in [0.2, 0.25) is 0 Å². The van der Waals surface area contributed by atoms with Crippen molar-refractivity contribution in [2.75, 3.05) is 5.65 Å². The molecule has 0 saturated heterocycles. The lowest BCUT2D eigenvalue weighted by Gasteiger charge is -2.05. The van der Waals surface area contributed by atoms with Crippen LogP contribution in [0.15, 0.2) is 23.1 Å². The molecule has 0 bridgehead atoms. The molecule has 0 unspecified atom stereocenters. The molecule has 0 aliphatic carbocycles. The zero-order valence-electron chi connectivity index (χ0n) is 6.92. The summed E-state index contributed by atoms with van der Waals surface area (Å²) in [5, 5.41) is 0. The Morgan fingerprint density at radius 2 is 2.09 bits per heavy atom. The van der Waals surface area contributed by atoms with Gasteiger partial charge in [-0.1, -0.05) is 12.1 Å². The molecule has 0 spiro atoms.